The van der Waals surface area contributed by atoms with Gasteiger partial charge in [0.2, 0.25) is 0 Å². The van der Waals surface area contributed by atoms with Crippen molar-refractivity contribution >= 4 is 34.5 Å². The van der Waals surface area contributed by atoms with Crippen molar-refractivity contribution in [3.8, 4) is 0 Å². The van der Waals surface area contributed by atoms with Crippen LogP contribution in [0.5, 0.6) is 0 Å². The molecule has 6 nitrogen and oxygen atoms in total. The normalized spacial score (nSPS) is 11.4. The Kier molecular flexibility index (Phi) is 4.76. The lowest BCUT2D eigenvalue weighted by Gasteiger charge is -2.14. The van der Waals surface area contributed by atoms with Crippen LogP contribution < -0.4 is 16.6 Å². The number of nitrogen functional groups attached to an aromatic ring is 1. The molecule has 28 heavy (non-hydrogen) atoms. The first-order valence-electron chi connectivity index (χ1n) is 8.82. The molecule has 3 aromatic carbocycles. The predicted octanol–water partition coefficient (Wildman–Crippen LogP) is 3.51. The lowest BCUT2D eigenvalue weighted by atomic mass is 10.1. The Morgan fingerprint density at radius 1 is 0.893 bits per heavy atom. The highest BCUT2D eigenvalue weighted by Gasteiger charge is 2.10. The quantitative estimate of drug-likeness (QED) is 0.371. The molecule has 4 rings (SSSR count). The zero-order valence-electron chi connectivity index (χ0n) is 15.0. The smallest absolute Gasteiger partial charge is 0.271 e. The number of aromatic nitrogens is 2. The molecule has 0 aliphatic heterocycles. The molecule has 1 amide bonds. The number of amides is 1. The zero-order chi connectivity index (χ0) is 19.3. The first-order valence-corrected chi connectivity index (χ1v) is 8.82. The summed E-state index contributed by atoms with van der Waals surface area (Å²) in [5, 5.41) is 0. The molecule has 0 atom stereocenters. The third kappa shape index (κ3) is 3.57. The molecular formula is C22H19N5O. The second kappa shape index (κ2) is 7.67. The minimum atomic E-state index is -0.310. The van der Waals surface area contributed by atoms with Crippen molar-refractivity contribution in [2.24, 2.45) is 0 Å². The maximum Gasteiger partial charge on any atom is 0.271 e. The van der Waals surface area contributed by atoms with Gasteiger partial charge in [0.05, 0.1) is 28.6 Å². The number of fused-ring (bicyclic) bond motifs is 1. The fourth-order valence-electron chi connectivity index (χ4n) is 2.91. The number of rotatable bonds is 5. The van der Waals surface area contributed by atoms with Crippen LogP contribution in [0.25, 0.3) is 22.9 Å². The van der Waals surface area contributed by atoms with Gasteiger partial charge in [-0.15, -0.1) is 0 Å². The number of hydrazine groups is 1. The number of benzene rings is 3. The van der Waals surface area contributed by atoms with Crippen LogP contribution in [0.4, 0.5) is 5.69 Å². The van der Waals surface area contributed by atoms with Crippen LogP contribution in [-0.2, 0) is 0 Å². The third-order valence-electron chi connectivity index (χ3n) is 4.35. The Balaban J connectivity index is 1.65. The molecular weight excluding hydrogens is 350 g/mol. The Bertz CT molecular complexity index is 1150. The molecule has 0 radical (unpaired) electrons. The van der Waals surface area contributed by atoms with Gasteiger partial charge in [-0.05, 0) is 24.3 Å². The number of hydrogen-bond acceptors (Lipinski definition) is 4. The number of nitrogens with two attached hydrogens (primary N) is 1. The van der Waals surface area contributed by atoms with E-state index in [0.29, 0.717) is 16.9 Å². The molecule has 1 heterocycles. The van der Waals surface area contributed by atoms with Gasteiger partial charge in [-0.25, -0.2) is 4.98 Å². The number of nitrogens with one attached hydrogen (secondary N) is 2. The van der Waals surface area contributed by atoms with Crippen molar-refractivity contribution < 1.29 is 4.79 Å². The van der Waals surface area contributed by atoms with Crippen LogP contribution in [0.15, 0.2) is 85.2 Å². The number of nitrogens with zero attached hydrogens (tertiary/aromatic N) is 2. The molecule has 0 aliphatic carbocycles. The summed E-state index contributed by atoms with van der Waals surface area (Å²) in [6.45, 7) is 0. The van der Waals surface area contributed by atoms with Crippen molar-refractivity contribution in [2.75, 3.05) is 5.73 Å². The van der Waals surface area contributed by atoms with E-state index in [4.69, 9.17) is 5.73 Å². The first-order chi connectivity index (χ1) is 13.7. The van der Waals surface area contributed by atoms with E-state index in [-0.39, 0.29) is 5.91 Å². The fraction of sp³-hybridized carbons (Fsp3) is 0. The largest absolute Gasteiger partial charge is 0.398 e. The van der Waals surface area contributed by atoms with Gasteiger partial charge in [0.25, 0.3) is 5.91 Å². The number of anilines is 1. The zero-order valence-corrected chi connectivity index (χ0v) is 15.0. The monoisotopic (exact) mass is 369 g/mol. The summed E-state index contributed by atoms with van der Waals surface area (Å²) in [4.78, 5) is 16.9. The summed E-state index contributed by atoms with van der Waals surface area (Å²) in [6.07, 6.45) is 3.63. The second-order valence-corrected chi connectivity index (χ2v) is 6.22. The highest BCUT2D eigenvalue weighted by molar-refractivity contribution is 5.99. The van der Waals surface area contributed by atoms with Crippen molar-refractivity contribution in [3.63, 3.8) is 0 Å². The lowest BCUT2D eigenvalue weighted by molar-refractivity contribution is 0.0943. The van der Waals surface area contributed by atoms with Crippen molar-refractivity contribution in [1.29, 1.82) is 0 Å². The molecule has 0 unspecified atom stereocenters. The van der Waals surface area contributed by atoms with Crippen LogP contribution in [0.1, 0.15) is 15.9 Å². The molecule has 138 valence electrons. The maximum absolute atomic E-state index is 12.5. The highest BCUT2D eigenvalue weighted by Crippen LogP contribution is 2.17. The van der Waals surface area contributed by atoms with Crippen LogP contribution in [-0.4, -0.2) is 15.5 Å². The van der Waals surface area contributed by atoms with Gasteiger partial charge in [0.1, 0.15) is 0 Å². The summed E-state index contributed by atoms with van der Waals surface area (Å²) in [7, 11) is 0. The topological polar surface area (TPSA) is 85.0 Å². The molecule has 0 saturated heterocycles. The van der Waals surface area contributed by atoms with Gasteiger partial charge in [-0.1, -0.05) is 54.6 Å². The van der Waals surface area contributed by atoms with Gasteiger partial charge < -0.3 is 10.3 Å². The summed E-state index contributed by atoms with van der Waals surface area (Å²) in [6, 6.07) is 24.5. The average molecular weight is 369 g/mol. The number of carbonyl (C=O) groups is 1. The fourth-order valence-corrected chi connectivity index (χ4v) is 2.91. The Morgan fingerprint density at radius 2 is 1.61 bits per heavy atom. The van der Waals surface area contributed by atoms with E-state index >= 15 is 0 Å². The van der Waals surface area contributed by atoms with Gasteiger partial charge in [0.15, 0.2) is 0 Å². The number of hydrogen-bond donors (Lipinski definition) is 3. The van der Waals surface area contributed by atoms with Gasteiger partial charge in [0, 0.05) is 17.5 Å². The van der Waals surface area contributed by atoms with E-state index in [1.807, 2.05) is 65.4 Å². The van der Waals surface area contributed by atoms with E-state index in [1.54, 1.807) is 30.6 Å². The van der Waals surface area contributed by atoms with Crippen molar-refractivity contribution in [2.45, 2.75) is 0 Å². The first kappa shape index (κ1) is 17.4. The molecule has 1 aromatic heterocycles. The van der Waals surface area contributed by atoms with E-state index in [0.717, 1.165) is 16.6 Å². The van der Waals surface area contributed by atoms with E-state index in [9.17, 15) is 4.79 Å². The Hall–Kier alpha value is -4.06. The number of carbonyl (C=O) groups excluding carboxylic acids is 1. The van der Waals surface area contributed by atoms with Crippen LogP contribution in [0.2, 0.25) is 0 Å². The Labute approximate surface area is 162 Å². The van der Waals surface area contributed by atoms with Gasteiger partial charge in [-0.3, -0.25) is 15.6 Å². The van der Waals surface area contributed by atoms with Crippen LogP contribution in [0.3, 0.4) is 0 Å². The standard InChI is InChI=1S/C22H19N5O/c23-18-11-5-4-10-17(18)22(28)26-25-20(16-8-2-1-3-9-16)14-27-15-24-19-12-6-7-13-21(19)27/h1-15,25H,23H2,(H,26,28). The van der Waals surface area contributed by atoms with Gasteiger partial charge in [-0.2, -0.15) is 0 Å². The van der Waals surface area contributed by atoms with E-state index < -0.39 is 0 Å². The number of para-hydroxylation sites is 3. The van der Waals surface area contributed by atoms with Crippen LogP contribution >= 0.6 is 0 Å². The average Bonchev–Trinajstić information content (AvgIpc) is 3.15. The number of imidazole rings is 1. The predicted molar refractivity (Wildman–Crippen MR) is 112 cm³/mol. The second-order valence-electron chi connectivity index (χ2n) is 6.22. The van der Waals surface area contributed by atoms with E-state index in [2.05, 4.69) is 15.8 Å². The third-order valence-corrected chi connectivity index (χ3v) is 4.35. The minimum absolute atomic E-state index is 0.310. The van der Waals surface area contributed by atoms with Crippen molar-refractivity contribution in [1.82, 2.24) is 20.4 Å². The minimum Gasteiger partial charge on any atom is -0.398 e. The van der Waals surface area contributed by atoms with Crippen molar-refractivity contribution in [3.05, 3.63) is 96.3 Å². The molecule has 0 bridgehead atoms. The van der Waals surface area contributed by atoms with Gasteiger partial charge >= 0.3 is 0 Å². The Morgan fingerprint density at radius 3 is 2.43 bits per heavy atom. The molecule has 6 heteroatoms. The summed E-state index contributed by atoms with van der Waals surface area (Å²) < 4.78 is 1.91. The summed E-state index contributed by atoms with van der Waals surface area (Å²) in [5.41, 5.74) is 16.0. The van der Waals surface area contributed by atoms with E-state index in [1.165, 1.54) is 0 Å². The molecule has 0 saturated carbocycles. The molecule has 4 N–H and O–H groups in total. The summed E-state index contributed by atoms with van der Waals surface area (Å²) in [5.74, 6) is -0.310. The lowest BCUT2D eigenvalue weighted by Crippen LogP contribution is -2.36. The molecule has 0 fully saturated rings. The SMILES string of the molecule is Nc1ccccc1C(=O)NNC(=Cn1cnc2ccccc21)c1ccccc1. The summed E-state index contributed by atoms with van der Waals surface area (Å²) >= 11 is 0. The highest BCUT2D eigenvalue weighted by atomic mass is 16.2. The molecule has 4 aromatic rings. The molecule has 0 aliphatic rings. The maximum atomic E-state index is 12.5. The van der Waals surface area contributed by atoms with Crippen LogP contribution in [0, 0.1) is 0 Å². The molecule has 0 spiro atoms.